The first-order chi connectivity index (χ1) is 17.3. The summed E-state index contributed by atoms with van der Waals surface area (Å²) in [7, 11) is 1.38. The zero-order valence-corrected chi connectivity index (χ0v) is 21.2. The molecular formula is C28H35N3O5. The van der Waals surface area contributed by atoms with E-state index in [2.05, 4.69) is 6.58 Å². The number of carboxylic acids is 1. The molecule has 1 aliphatic heterocycles. The van der Waals surface area contributed by atoms with Crippen LogP contribution < -0.4 is 4.90 Å². The Morgan fingerprint density at radius 3 is 2.72 bits per heavy atom. The third-order valence-electron chi connectivity index (χ3n) is 7.49. The maximum absolute atomic E-state index is 12.6. The number of rotatable bonds is 6. The van der Waals surface area contributed by atoms with E-state index in [1.807, 2.05) is 42.7 Å². The summed E-state index contributed by atoms with van der Waals surface area (Å²) in [6.45, 7) is 7.76. The number of allylic oxidation sites excluding steroid dienone is 3. The van der Waals surface area contributed by atoms with Crippen molar-refractivity contribution in [3.63, 3.8) is 0 Å². The summed E-state index contributed by atoms with van der Waals surface area (Å²) in [5.74, 6) is -0.753. The van der Waals surface area contributed by atoms with E-state index in [4.69, 9.17) is 9.72 Å². The Labute approximate surface area is 211 Å². The molecule has 1 amide bonds. The first-order valence-corrected chi connectivity index (χ1v) is 12.6. The van der Waals surface area contributed by atoms with E-state index in [1.54, 1.807) is 17.1 Å². The van der Waals surface area contributed by atoms with Crippen LogP contribution in [0.3, 0.4) is 0 Å². The molecule has 2 N–H and O–H groups in total. The Kier molecular flexibility index (Phi) is 7.64. The molecule has 1 aromatic heterocycles. The quantitative estimate of drug-likeness (QED) is 0.516. The normalized spacial score (nSPS) is 23.5. The SMILES string of the molecule is C=C/C(=C\C=C/C)C(O)c1nc2c3c(ccc2n1[C@@H]1CCC[C@@H](C(=O)O)C1)N(C(=O)OC)[C@@H](C)CC3. The molecule has 1 aromatic carbocycles. The molecule has 2 aromatic rings. The van der Waals surface area contributed by atoms with Crippen LogP contribution in [0.5, 0.6) is 0 Å². The maximum atomic E-state index is 12.6. The Bertz CT molecular complexity index is 1230. The van der Waals surface area contributed by atoms with Crippen molar-refractivity contribution in [2.24, 2.45) is 5.92 Å². The number of methoxy groups -OCH3 is 1. The number of aromatic nitrogens is 2. The molecule has 0 saturated heterocycles. The van der Waals surface area contributed by atoms with Gasteiger partial charge in [-0.05, 0) is 63.7 Å². The van der Waals surface area contributed by atoms with E-state index in [0.29, 0.717) is 24.2 Å². The molecule has 36 heavy (non-hydrogen) atoms. The van der Waals surface area contributed by atoms with Gasteiger partial charge in [0, 0.05) is 17.6 Å². The van der Waals surface area contributed by atoms with Crippen molar-refractivity contribution in [2.75, 3.05) is 12.0 Å². The summed E-state index contributed by atoms with van der Waals surface area (Å²) in [6.07, 6.45) is 9.90. The summed E-state index contributed by atoms with van der Waals surface area (Å²) in [6, 6.07) is 3.72. The Morgan fingerprint density at radius 1 is 1.28 bits per heavy atom. The van der Waals surface area contributed by atoms with Crippen molar-refractivity contribution in [3.8, 4) is 0 Å². The molecule has 1 saturated carbocycles. The number of aliphatic carboxylic acids is 1. The second-order valence-electron chi connectivity index (χ2n) is 9.65. The fourth-order valence-corrected chi connectivity index (χ4v) is 5.62. The van der Waals surface area contributed by atoms with Gasteiger partial charge in [-0.15, -0.1) is 0 Å². The summed E-state index contributed by atoms with van der Waals surface area (Å²) >= 11 is 0. The molecule has 192 valence electrons. The van der Waals surface area contributed by atoms with Crippen molar-refractivity contribution >= 4 is 28.8 Å². The van der Waals surface area contributed by atoms with Gasteiger partial charge in [0.15, 0.2) is 0 Å². The lowest BCUT2D eigenvalue weighted by Gasteiger charge is -2.34. The monoisotopic (exact) mass is 493 g/mol. The van der Waals surface area contributed by atoms with Crippen LogP contribution in [0.15, 0.2) is 48.6 Å². The van der Waals surface area contributed by atoms with Crippen LogP contribution in [0.1, 0.15) is 69.5 Å². The Hall–Kier alpha value is -3.39. The minimum absolute atomic E-state index is 0.0136. The second-order valence-corrected chi connectivity index (χ2v) is 9.65. The van der Waals surface area contributed by atoms with Gasteiger partial charge in [0.2, 0.25) is 0 Å². The summed E-state index contributed by atoms with van der Waals surface area (Å²) in [5, 5.41) is 21.2. The molecule has 0 bridgehead atoms. The van der Waals surface area contributed by atoms with Crippen molar-refractivity contribution in [1.82, 2.24) is 9.55 Å². The van der Waals surface area contributed by atoms with Crippen LogP contribution in [0, 0.1) is 5.92 Å². The molecule has 1 unspecified atom stereocenters. The number of ether oxygens (including phenoxy) is 1. The summed E-state index contributed by atoms with van der Waals surface area (Å²) < 4.78 is 7.08. The van der Waals surface area contributed by atoms with Crippen LogP contribution in [0.25, 0.3) is 11.0 Å². The van der Waals surface area contributed by atoms with Gasteiger partial charge < -0.3 is 19.5 Å². The van der Waals surface area contributed by atoms with Gasteiger partial charge in [0.05, 0.1) is 29.7 Å². The molecule has 8 nitrogen and oxygen atoms in total. The Balaban J connectivity index is 1.92. The maximum Gasteiger partial charge on any atom is 0.414 e. The van der Waals surface area contributed by atoms with Crippen LogP contribution >= 0.6 is 0 Å². The second kappa shape index (κ2) is 10.7. The number of nitrogens with zero attached hydrogens (tertiary/aromatic N) is 3. The molecular weight excluding hydrogens is 458 g/mol. The van der Waals surface area contributed by atoms with Crippen LogP contribution in [-0.2, 0) is 16.0 Å². The highest BCUT2D eigenvalue weighted by atomic mass is 16.5. The van der Waals surface area contributed by atoms with Crippen molar-refractivity contribution in [3.05, 3.63) is 60.0 Å². The average molecular weight is 494 g/mol. The van der Waals surface area contributed by atoms with Gasteiger partial charge in [-0.3, -0.25) is 9.69 Å². The molecule has 0 spiro atoms. The molecule has 4 rings (SSSR count). The number of anilines is 1. The number of imidazole rings is 1. The predicted octanol–water partition coefficient (Wildman–Crippen LogP) is 5.48. The van der Waals surface area contributed by atoms with Crippen LogP contribution in [0.2, 0.25) is 0 Å². The molecule has 1 fully saturated rings. The zero-order valence-electron chi connectivity index (χ0n) is 21.2. The minimum atomic E-state index is -1.04. The highest BCUT2D eigenvalue weighted by Crippen LogP contribution is 2.42. The smallest absolute Gasteiger partial charge is 0.414 e. The third kappa shape index (κ3) is 4.57. The number of benzene rings is 1. The van der Waals surface area contributed by atoms with E-state index in [1.165, 1.54) is 7.11 Å². The van der Waals surface area contributed by atoms with Gasteiger partial charge in [0.1, 0.15) is 11.9 Å². The number of hydrogen-bond donors (Lipinski definition) is 2. The number of aliphatic hydroxyl groups excluding tert-OH is 1. The minimum Gasteiger partial charge on any atom is -0.481 e. The molecule has 2 aliphatic rings. The molecule has 0 radical (unpaired) electrons. The fraction of sp³-hybridized carbons (Fsp3) is 0.464. The number of aliphatic hydroxyl groups is 1. The number of aryl methyl sites for hydroxylation is 1. The molecule has 4 atom stereocenters. The van der Waals surface area contributed by atoms with E-state index in [-0.39, 0.29) is 12.1 Å². The lowest BCUT2D eigenvalue weighted by Crippen LogP contribution is -2.42. The number of amides is 1. The van der Waals surface area contributed by atoms with Crippen LogP contribution in [-0.4, -0.2) is 45.0 Å². The number of carbonyl (C=O) groups excluding carboxylic acids is 1. The lowest BCUT2D eigenvalue weighted by molar-refractivity contribution is -0.143. The Morgan fingerprint density at radius 2 is 2.06 bits per heavy atom. The summed E-state index contributed by atoms with van der Waals surface area (Å²) in [5.41, 5.74) is 3.88. The topological polar surface area (TPSA) is 105 Å². The number of carboxylic acid groups (broad SMARTS) is 1. The number of hydrogen-bond acceptors (Lipinski definition) is 5. The summed E-state index contributed by atoms with van der Waals surface area (Å²) in [4.78, 5) is 31.0. The lowest BCUT2D eigenvalue weighted by atomic mass is 9.85. The van der Waals surface area contributed by atoms with Gasteiger partial charge in [0.25, 0.3) is 0 Å². The van der Waals surface area contributed by atoms with Gasteiger partial charge >= 0.3 is 12.1 Å². The van der Waals surface area contributed by atoms with Gasteiger partial charge in [-0.1, -0.05) is 37.3 Å². The van der Waals surface area contributed by atoms with Crippen molar-refractivity contribution < 1.29 is 24.5 Å². The predicted molar refractivity (Wildman–Crippen MR) is 139 cm³/mol. The molecule has 8 heteroatoms. The highest BCUT2D eigenvalue weighted by Gasteiger charge is 2.35. The fourth-order valence-electron chi connectivity index (χ4n) is 5.62. The van der Waals surface area contributed by atoms with E-state index in [0.717, 1.165) is 48.0 Å². The van der Waals surface area contributed by atoms with Crippen molar-refractivity contribution in [1.29, 1.82) is 0 Å². The van der Waals surface area contributed by atoms with E-state index in [9.17, 15) is 19.8 Å². The van der Waals surface area contributed by atoms with Crippen molar-refractivity contribution in [2.45, 2.75) is 70.6 Å². The third-order valence-corrected chi connectivity index (χ3v) is 7.49. The van der Waals surface area contributed by atoms with Gasteiger partial charge in [-0.2, -0.15) is 0 Å². The van der Waals surface area contributed by atoms with Crippen LogP contribution in [0.4, 0.5) is 10.5 Å². The standard InChI is InChI=1S/C28H35N3O5/c1-5-7-9-18(6-2)25(32)26-29-24-21-13-12-17(3)30(28(35)36-4)22(21)14-15-23(24)31(26)20-11-8-10-19(16-20)27(33)34/h5-7,9,14-15,17,19-20,25,32H,2,8,10-13,16H2,1,3-4H3,(H,33,34)/b7-5-,18-9+/t17-,19+,20+,25?/m0/s1. The first kappa shape index (κ1) is 25.7. The number of carbonyl (C=O) groups is 2. The molecule has 2 heterocycles. The van der Waals surface area contributed by atoms with E-state index >= 15 is 0 Å². The number of fused-ring (bicyclic) bond motifs is 3. The van der Waals surface area contributed by atoms with Gasteiger partial charge in [-0.25, -0.2) is 9.78 Å². The highest BCUT2D eigenvalue weighted by molar-refractivity contribution is 5.95. The average Bonchev–Trinajstić information content (AvgIpc) is 3.28. The largest absolute Gasteiger partial charge is 0.481 e. The zero-order chi connectivity index (χ0) is 26.0. The molecule has 1 aliphatic carbocycles. The van der Waals surface area contributed by atoms with E-state index < -0.39 is 24.1 Å². The first-order valence-electron chi connectivity index (χ1n) is 12.6.